The third-order valence-electron chi connectivity index (χ3n) is 1.71. The molecule has 1 aromatic rings. The van der Waals surface area contributed by atoms with Crippen LogP contribution in [-0.4, -0.2) is 18.4 Å². The topological polar surface area (TPSA) is 82.0 Å². The molecule has 17 heavy (non-hydrogen) atoms. The zero-order valence-electron chi connectivity index (χ0n) is 8.46. The molecular weight excluding hydrogens is 249 g/mol. The van der Waals surface area contributed by atoms with Crippen molar-refractivity contribution in [1.82, 2.24) is 5.32 Å². The first kappa shape index (κ1) is 12.9. The predicted octanol–water partition coefficient (Wildman–Crippen LogP) is 1.06. The fraction of sp³-hybridized carbons (Fsp3) is 0.100. The first-order valence-electron chi connectivity index (χ1n) is 4.45. The van der Waals surface area contributed by atoms with E-state index in [-0.39, 0.29) is 17.3 Å². The Morgan fingerprint density at radius 3 is 2.71 bits per heavy atom. The maximum Gasteiger partial charge on any atom is 0.313 e. The van der Waals surface area contributed by atoms with Crippen molar-refractivity contribution in [2.45, 2.75) is 0 Å². The first-order valence-corrected chi connectivity index (χ1v) is 4.83. The van der Waals surface area contributed by atoms with Gasteiger partial charge < -0.3 is 10.6 Å². The Morgan fingerprint density at radius 1 is 1.41 bits per heavy atom. The van der Waals surface area contributed by atoms with Crippen molar-refractivity contribution in [1.29, 1.82) is 5.26 Å². The van der Waals surface area contributed by atoms with Gasteiger partial charge in [0, 0.05) is 5.02 Å². The third-order valence-corrected chi connectivity index (χ3v) is 1.95. The number of benzene rings is 1. The molecular formula is C10H7ClFN3O2. The van der Waals surface area contributed by atoms with Gasteiger partial charge in [-0.1, -0.05) is 11.6 Å². The molecule has 0 atom stereocenters. The van der Waals surface area contributed by atoms with E-state index in [9.17, 15) is 14.0 Å². The average molecular weight is 256 g/mol. The van der Waals surface area contributed by atoms with Gasteiger partial charge in [0.05, 0.1) is 11.8 Å². The second kappa shape index (κ2) is 5.82. The Morgan fingerprint density at radius 2 is 2.12 bits per heavy atom. The molecule has 0 spiro atoms. The number of nitriles is 1. The highest BCUT2D eigenvalue weighted by Crippen LogP contribution is 2.18. The summed E-state index contributed by atoms with van der Waals surface area (Å²) in [5, 5.41) is 12.4. The smallest absolute Gasteiger partial charge is 0.313 e. The molecule has 0 aromatic heterocycles. The highest BCUT2D eigenvalue weighted by Gasteiger charge is 2.14. The van der Waals surface area contributed by atoms with Crippen LogP contribution in [0.3, 0.4) is 0 Å². The number of nitrogens with zero attached hydrogens (tertiary/aromatic N) is 1. The molecule has 0 fully saturated rings. The van der Waals surface area contributed by atoms with Crippen LogP contribution in [0.5, 0.6) is 0 Å². The van der Waals surface area contributed by atoms with E-state index in [0.29, 0.717) is 0 Å². The van der Waals surface area contributed by atoms with E-state index in [0.717, 1.165) is 6.07 Å². The normalized spacial score (nSPS) is 9.24. The molecule has 0 saturated carbocycles. The largest absolute Gasteiger partial charge is 0.335 e. The number of nitrogens with one attached hydrogen (secondary N) is 2. The molecule has 5 nitrogen and oxygen atoms in total. The quantitative estimate of drug-likeness (QED) is 0.612. The number of halogens is 2. The van der Waals surface area contributed by atoms with E-state index in [1.54, 1.807) is 6.07 Å². The number of carbonyl (C=O) groups is 2. The van der Waals surface area contributed by atoms with Crippen molar-refractivity contribution in [2.75, 3.05) is 11.9 Å². The lowest BCUT2D eigenvalue weighted by Crippen LogP contribution is -2.35. The SMILES string of the molecule is N#CCNC(=O)C(=O)Nc1ccc(Cl)cc1F. The summed E-state index contributed by atoms with van der Waals surface area (Å²) in [7, 11) is 0. The molecule has 7 heteroatoms. The van der Waals surface area contributed by atoms with Crippen molar-refractivity contribution >= 4 is 29.1 Å². The predicted molar refractivity (Wildman–Crippen MR) is 58.7 cm³/mol. The fourth-order valence-corrected chi connectivity index (χ4v) is 1.13. The number of anilines is 1. The third kappa shape index (κ3) is 3.74. The molecule has 0 radical (unpaired) electrons. The van der Waals surface area contributed by atoms with Crippen LogP contribution in [-0.2, 0) is 9.59 Å². The maximum atomic E-state index is 13.2. The van der Waals surface area contributed by atoms with Crippen molar-refractivity contribution in [3.8, 4) is 6.07 Å². The number of hydrogen-bond donors (Lipinski definition) is 2. The van der Waals surface area contributed by atoms with Crippen LogP contribution >= 0.6 is 11.6 Å². The van der Waals surface area contributed by atoms with E-state index < -0.39 is 17.6 Å². The van der Waals surface area contributed by atoms with Crippen molar-refractivity contribution in [3.05, 3.63) is 29.0 Å². The Bertz CT molecular complexity index is 499. The Kier molecular flexibility index (Phi) is 4.43. The summed E-state index contributed by atoms with van der Waals surface area (Å²) >= 11 is 5.52. The molecule has 0 aliphatic heterocycles. The summed E-state index contributed by atoms with van der Waals surface area (Å²) in [4.78, 5) is 22.3. The van der Waals surface area contributed by atoms with Gasteiger partial charge in [0.1, 0.15) is 12.4 Å². The molecule has 0 unspecified atom stereocenters. The van der Waals surface area contributed by atoms with Gasteiger partial charge >= 0.3 is 11.8 Å². The molecule has 1 rings (SSSR count). The zero-order chi connectivity index (χ0) is 12.8. The molecule has 0 aliphatic carbocycles. The van der Waals surface area contributed by atoms with Crippen molar-refractivity contribution in [3.63, 3.8) is 0 Å². The van der Waals surface area contributed by atoms with Crippen LogP contribution < -0.4 is 10.6 Å². The Hall–Kier alpha value is -2.13. The Labute approximate surface area is 101 Å². The standard InChI is InChI=1S/C10H7ClFN3O2/c11-6-1-2-8(7(12)5-6)15-10(17)9(16)14-4-3-13/h1-2,5H,4H2,(H,14,16)(H,15,17). The van der Waals surface area contributed by atoms with Crippen molar-refractivity contribution < 1.29 is 14.0 Å². The van der Waals surface area contributed by atoms with E-state index in [2.05, 4.69) is 5.32 Å². The molecule has 2 N–H and O–H groups in total. The van der Waals surface area contributed by atoms with Gasteiger partial charge in [0.25, 0.3) is 0 Å². The van der Waals surface area contributed by atoms with Gasteiger partial charge in [0.2, 0.25) is 0 Å². The number of hydrogen-bond acceptors (Lipinski definition) is 3. The highest BCUT2D eigenvalue weighted by atomic mass is 35.5. The fourth-order valence-electron chi connectivity index (χ4n) is 0.970. The highest BCUT2D eigenvalue weighted by molar-refractivity contribution is 6.39. The molecule has 2 amide bonds. The molecule has 0 saturated heterocycles. The number of carbonyl (C=O) groups excluding carboxylic acids is 2. The van der Waals surface area contributed by atoms with Gasteiger partial charge in [-0.05, 0) is 18.2 Å². The van der Waals surface area contributed by atoms with E-state index in [1.165, 1.54) is 12.1 Å². The second-order valence-electron chi connectivity index (χ2n) is 2.92. The number of amides is 2. The van der Waals surface area contributed by atoms with Gasteiger partial charge in [-0.2, -0.15) is 5.26 Å². The van der Waals surface area contributed by atoms with E-state index >= 15 is 0 Å². The lowest BCUT2D eigenvalue weighted by Gasteiger charge is -2.05. The maximum absolute atomic E-state index is 13.2. The monoisotopic (exact) mass is 255 g/mol. The summed E-state index contributed by atoms with van der Waals surface area (Å²) in [5.74, 6) is -2.82. The van der Waals surface area contributed by atoms with Gasteiger partial charge in [0.15, 0.2) is 0 Å². The molecule has 1 aromatic carbocycles. The Balaban J connectivity index is 2.68. The minimum atomic E-state index is -1.05. The lowest BCUT2D eigenvalue weighted by molar-refractivity contribution is -0.136. The van der Waals surface area contributed by atoms with Crippen LogP contribution in [0.4, 0.5) is 10.1 Å². The van der Waals surface area contributed by atoms with Crippen LogP contribution in [0.2, 0.25) is 5.02 Å². The molecule has 0 aliphatic rings. The second-order valence-corrected chi connectivity index (χ2v) is 3.36. The molecule has 0 heterocycles. The van der Waals surface area contributed by atoms with Crippen LogP contribution in [0.15, 0.2) is 18.2 Å². The van der Waals surface area contributed by atoms with Gasteiger partial charge in [-0.3, -0.25) is 9.59 Å². The van der Waals surface area contributed by atoms with E-state index in [4.69, 9.17) is 16.9 Å². The molecule has 0 bridgehead atoms. The van der Waals surface area contributed by atoms with Gasteiger partial charge in [-0.25, -0.2) is 4.39 Å². The molecule has 88 valence electrons. The van der Waals surface area contributed by atoms with Crippen LogP contribution in [0.1, 0.15) is 0 Å². The summed E-state index contributed by atoms with van der Waals surface area (Å²) in [5.41, 5.74) is -0.161. The average Bonchev–Trinajstić information content (AvgIpc) is 2.29. The lowest BCUT2D eigenvalue weighted by atomic mass is 10.3. The van der Waals surface area contributed by atoms with Crippen LogP contribution in [0, 0.1) is 17.1 Å². The summed E-state index contributed by atoms with van der Waals surface area (Å²) < 4.78 is 13.2. The minimum absolute atomic E-state index is 0.161. The number of rotatable bonds is 2. The summed E-state index contributed by atoms with van der Waals surface area (Å²) in [6.07, 6.45) is 0. The minimum Gasteiger partial charge on any atom is -0.335 e. The first-order chi connectivity index (χ1) is 8.04. The zero-order valence-corrected chi connectivity index (χ0v) is 9.21. The summed E-state index contributed by atoms with van der Waals surface area (Å²) in [6.45, 7) is -0.296. The van der Waals surface area contributed by atoms with Crippen molar-refractivity contribution in [2.24, 2.45) is 0 Å². The van der Waals surface area contributed by atoms with Gasteiger partial charge in [-0.15, -0.1) is 0 Å². The summed E-state index contributed by atoms with van der Waals surface area (Å²) in [6, 6.07) is 5.23. The van der Waals surface area contributed by atoms with E-state index in [1.807, 2.05) is 5.32 Å². The van der Waals surface area contributed by atoms with Crippen LogP contribution in [0.25, 0.3) is 0 Å².